The van der Waals surface area contributed by atoms with E-state index in [1.165, 1.54) is 0 Å². The van der Waals surface area contributed by atoms with Crippen LogP contribution < -0.4 is 14.2 Å². The predicted octanol–water partition coefficient (Wildman–Crippen LogP) is 8.47. The van der Waals surface area contributed by atoms with Crippen LogP contribution in [-0.2, 0) is 25.6 Å². The molecule has 55 heavy (non-hydrogen) atoms. The fourth-order valence-corrected chi connectivity index (χ4v) is 5.83. The second-order valence-electron chi connectivity index (χ2n) is 11.4. The van der Waals surface area contributed by atoms with Crippen molar-refractivity contribution >= 4 is 45.4 Å². The molecule has 1 N–H and O–H groups in total. The largest absolute Gasteiger partial charge is 0.506 e. The number of fused-ring (bicyclic) bond motifs is 2. The van der Waals surface area contributed by atoms with E-state index in [0.717, 1.165) is 5.56 Å². The van der Waals surface area contributed by atoms with Crippen molar-refractivity contribution in [3.63, 3.8) is 0 Å². The van der Waals surface area contributed by atoms with Gasteiger partial charge in [0, 0.05) is 21.5 Å². The minimum absolute atomic E-state index is 0.0124. The molecule has 12 nitrogen and oxygen atoms in total. The molecule has 5 rings (SSSR count). The molecule has 290 valence electrons. The topological polar surface area (TPSA) is 153 Å². The van der Waals surface area contributed by atoms with E-state index in [9.17, 15) is 24.3 Å². The number of carbonyl (C=O) groups is 4. The summed E-state index contributed by atoms with van der Waals surface area (Å²) in [5.41, 5.74) is 0.598. The number of benzene rings is 5. The van der Waals surface area contributed by atoms with Crippen molar-refractivity contribution in [2.45, 2.75) is 48.1 Å². The molecule has 0 saturated carbocycles. The normalized spacial score (nSPS) is 10.5. The van der Waals surface area contributed by atoms with Gasteiger partial charge in [0.05, 0.1) is 39.6 Å². The average molecular weight is 755 g/mol. The number of esters is 4. The maximum absolute atomic E-state index is 13.0. The van der Waals surface area contributed by atoms with Gasteiger partial charge in [-0.05, 0) is 47.1 Å². The molecule has 0 heterocycles. The number of hydrogen-bond donors (Lipinski definition) is 1. The predicted molar refractivity (Wildman–Crippen MR) is 206 cm³/mol. The highest BCUT2D eigenvalue weighted by molar-refractivity contribution is 6.15. The molecule has 0 bridgehead atoms. The molecule has 0 spiro atoms. The second-order valence-corrected chi connectivity index (χ2v) is 11.4. The number of phenolic OH excluding ortho intramolecular Hbond substituents is 1. The molecular formula is C43H46O12. The Morgan fingerprint density at radius 2 is 0.745 bits per heavy atom. The number of ether oxygens (including phenoxy) is 7. The zero-order valence-electron chi connectivity index (χ0n) is 31.9. The molecule has 5 aromatic rings. The Bertz CT molecular complexity index is 2120. The van der Waals surface area contributed by atoms with E-state index in [1.54, 1.807) is 58.9 Å². The lowest BCUT2D eigenvalue weighted by Crippen LogP contribution is -2.18. The quantitative estimate of drug-likeness (QED) is 0.0806. The number of hydrogen-bond acceptors (Lipinski definition) is 12. The first-order valence-electron chi connectivity index (χ1n) is 18.2. The SMILES string of the molecule is CCOC(=O)c1c(C(=O)OCC)c(OCC)c2ccccc2c1O.CCOC(=O)c1c(C(=O)OCC)c(OCc2ccccc2)c2ccccc2c1OCC. The second kappa shape index (κ2) is 20.2. The van der Waals surface area contributed by atoms with Crippen LogP contribution in [0.3, 0.4) is 0 Å². The third-order valence-corrected chi connectivity index (χ3v) is 7.98. The third kappa shape index (κ3) is 9.45. The van der Waals surface area contributed by atoms with Gasteiger partial charge in [-0.3, -0.25) is 0 Å². The van der Waals surface area contributed by atoms with Gasteiger partial charge in [-0.25, -0.2) is 19.2 Å². The Morgan fingerprint density at radius 1 is 0.418 bits per heavy atom. The van der Waals surface area contributed by atoms with E-state index in [4.69, 9.17) is 33.2 Å². The van der Waals surface area contributed by atoms with Crippen LogP contribution >= 0.6 is 0 Å². The average Bonchev–Trinajstić information content (AvgIpc) is 3.19. The van der Waals surface area contributed by atoms with E-state index in [-0.39, 0.29) is 84.9 Å². The molecule has 0 unspecified atom stereocenters. The summed E-state index contributed by atoms with van der Waals surface area (Å²) in [6.45, 7) is 11.6. The Morgan fingerprint density at radius 3 is 1.15 bits per heavy atom. The summed E-state index contributed by atoms with van der Waals surface area (Å²) in [5, 5.41) is 12.8. The van der Waals surface area contributed by atoms with Crippen molar-refractivity contribution in [3.8, 4) is 23.0 Å². The van der Waals surface area contributed by atoms with E-state index in [0.29, 0.717) is 28.2 Å². The highest BCUT2D eigenvalue weighted by atomic mass is 16.6. The lowest BCUT2D eigenvalue weighted by molar-refractivity contribution is 0.0471. The molecule has 0 aromatic heterocycles. The first-order chi connectivity index (χ1) is 26.7. The summed E-state index contributed by atoms with van der Waals surface area (Å²) >= 11 is 0. The zero-order chi connectivity index (χ0) is 39.9. The Balaban J connectivity index is 0.000000253. The molecule has 0 fully saturated rings. The van der Waals surface area contributed by atoms with Gasteiger partial charge in [-0.1, -0.05) is 78.9 Å². The van der Waals surface area contributed by atoms with Gasteiger partial charge in [0.25, 0.3) is 0 Å². The van der Waals surface area contributed by atoms with Crippen LogP contribution in [-0.4, -0.2) is 68.6 Å². The fourth-order valence-electron chi connectivity index (χ4n) is 5.83. The van der Waals surface area contributed by atoms with Gasteiger partial charge in [0.15, 0.2) is 0 Å². The molecule has 0 aliphatic carbocycles. The number of aromatic hydroxyl groups is 1. The highest BCUT2D eigenvalue weighted by Crippen LogP contribution is 2.43. The zero-order valence-corrected chi connectivity index (χ0v) is 31.9. The fraction of sp³-hybridized carbons (Fsp3) is 0.302. The summed E-state index contributed by atoms with van der Waals surface area (Å²) in [7, 11) is 0. The van der Waals surface area contributed by atoms with E-state index < -0.39 is 23.9 Å². The van der Waals surface area contributed by atoms with Crippen molar-refractivity contribution in [3.05, 3.63) is 107 Å². The Hall–Kier alpha value is -6.30. The summed E-state index contributed by atoms with van der Waals surface area (Å²) in [4.78, 5) is 50.8. The monoisotopic (exact) mass is 754 g/mol. The highest BCUT2D eigenvalue weighted by Gasteiger charge is 2.33. The van der Waals surface area contributed by atoms with Crippen LogP contribution in [0, 0.1) is 0 Å². The minimum atomic E-state index is -0.801. The van der Waals surface area contributed by atoms with Crippen LogP contribution in [0.2, 0.25) is 0 Å². The van der Waals surface area contributed by atoms with E-state index >= 15 is 0 Å². The summed E-state index contributed by atoms with van der Waals surface area (Å²) < 4.78 is 38.2. The minimum Gasteiger partial charge on any atom is -0.506 e. The summed E-state index contributed by atoms with van der Waals surface area (Å²) in [6, 6.07) is 23.7. The lowest BCUT2D eigenvalue weighted by Gasteiger charge is -2.20. The van der Waals surface area contributed by atoms with Crippen LogP contribution in [0.15, 0.2) is 78.9 Å². The van der Waals surface area contributed by atoms with Crippen LogP contribution in [0.25, 0.3) is 21.5 Å². The standard InChI is InChI=1S/C25H26O6.C18H20O6/c1-4-28-22-18-14-10-11-15-19(18)23(31-16-17-12-8-7-9-13-17)21(25(27)30-6-3)20(22)24(26)29-5-2;1-4-22-16-12-10-8-7-9-11(12)15(19)13(17(20)23-5-2)14(16)18(21)24-6-3/h7-15H,4-6,16H2,1-3H3;7-10,19H,4-6H2,1-3H3. The molecule has 12 heteroatoms. The molecule has 5 aromatic carbocycles. The molecule has 0 radical (unpaired) electrons. The van der Waals surface area contributed by atoms with E-state index in [1.807, 2.05) is 61.5 Å². The van der Waals surface area contributed by atoms with Crippen molar-refractivity contribution in [1.82, 2.24) is 0 Å². The first kappa shape index (κ1) is 41.5. The third-order valence-electron chi connectivity index (χ3n) is 7.98. The van der Waals surface area contributed by atoms with E-state index in [2.05, 4.69) is 0 Å². The van der Waals surface area contributed by atoms with Gasteiger partial charge in [0.2, 0.25) is 0 Å². The smallest absolute Gasteiger partial charge is 0.342 e. The Kier molecular flexibility index (Phi) is 15.3. The maximum atomic E-state index is 13.0. The van der Waals surface area contributed by atoms with Crippen molar-refractivity contribution in [2.75, 3.05) is 39.6 Å². The molecule has 0 aliphatic rings. The lowest BCUT2D eigenvalue weighted by atomic mass is 9.97. The van der Waals surface area contributed by atoms with Crippen molar-refractivity contribution in [1.29, 1.82) is 0 Å². The summed E-state index contributed by atoms with van der Waals surface area (Å²) in [5.74, 6) is -2.45. The molecule has 0 amide bonds. The van der Waals surface area contributed by atoms with Gasteiger partial charge < -0.3 is 38.3 Å². The Labute approximate surface area is 319 Å². The van der Waals surface area contributed by atoms with Crippen LogP contribution in [0.5, 0.6) is 23.0 Å². The molecular weight excluding hydrogens is 708 g/mol. The summed E-state index contributed by atoms with van der Waals surface area (Å²) in [6.07, 6.45) is 0. The van der Waals surface area contributed by atoms with Crippen molar-refractivity contribution < 1.29 is 57.4 Å². The number of carbonyl (C=O) groups excluding carboxylic acids is 4. The first-order valence-corrected chi connectivity index (χ1v) is 18.2. The maximum Gasteiger partial charge on any atom is 0.342 e. The van der Waals surface area contributed by atoms with Gasteiger partial charge in [-0.15, -0.1) is 0 Å². The molecule has 0 saturated heterocycles. The molecule has 0 aliphatic heterocycles. The van der Waals surface area contributed by atoms with Gasteiger partial charge in [-0.2, -0.15) is 0 Å². The van der Waals surface area contributed by atoms with Gasteiger partial charge >= 0.3 is 23.9 Å². The number of phenols is 1. The van der Waals surface area contributed by atoms with Crippen LogP contribution in [0.4, 0.5) is 0 Å². The number of rotatable bonds is 15. The van der Waals surface area contributed by atoms with Gasteiger partial charge in [0.1, 0.15) is 51.9 Å². The molecule has 0 atom stereocenters. The van der Waals surface area contributed by atoms with Crippen LogP contribution in [0.1, 0.15) is 88.5 Å². The van der Waals surface area contributed by atoms with Crippen molar-refractivity contribution in [2.24, 2.45) is 0 Å².